The summed E-state index contributed by atoms with van der Waals surface area (Å²) in [5.74, 6) is 0.806. The number of carbonyl (C=O) groups is 1. The van der Waals surface area contributed by atoms with E-state index in [0.717, 1.165) is 11.5 Å². The van der Waals surface area contributed by atoms with E-state index >= 15 is 0 Å². The number of hydrogen-bond donors (Lipinski definition) is 2. The summed E-state index contributed by atoms with van der Waals surface area (Å²) in [5, 5.41) is 5.79. The quantitative estimate of drug-likeness (QED) is 0.806. The Kier molecular flexibility index (Phi) is 4.95. The second-order valence-corrected chi connectivity index (χ2v) is 5.02. The molecule has 0 aliphatic heterocycles. The normalized spacial score (nSPS) is 10.9. The van der Waals surface area contributed by atoms with Crippen molar-refractivity contribution in [3.05, 3.63) is 23.9 Å². The van der Waals surface area contributed by atoms with Gasteiger partial charge in [-0.1, -0.05) is 6.07 Å². The molecular weight excluding hydrogens is 230 g/mol. The highest BCUT2D eigenvalue weighted by molar-refractivity contribution is 5.67. The summed E-state index contributed by atoms with van der Waals surface area (Å²) in [5.41, 5.74) is 0.496. The van der Waals surface area contributed by atoms with Crippen LogP contribution < -0.4 is 10.6 Å². The van der Waals surface area contributed by atoms with Crippen LogP contribution in [0.4, 0.5) is 10.6 Å². The van der Waals surface area contributed by atoms with Crippen molar-refractivity contribution in [2.45, 2.75) is 33.3 Å². The van der Waals surface area contributed by atoms with Crippen LogP contribution in [-0.2, 0) is 4.74 Å². The van der Waals surface area contributed by atoms with Gasteiger partial charge in [0.2, 0.25) is 0 Å². The number of hydrogen-bond acceptors (Lipinski definition) is 4. The fourth-order valence-corrected chi connectivity index (χ4v) is 1.31. The third-order valence-corrected chi connectivity index (χ3v) is 1.99. The summed E-state index contributed by atoms with van der Waals surface area (Å²) in [6.45, 7) is 8.54. The van der Waals surface area contributed by atoms with Crippen molar-refractivity contribution in [2.75, 3.05) is 18.4 Å². The first-order valence-electron chi connectivity index (χ1n) is 6.01. The van der Waals surface area contributed by atoms with E-state index in [4.69, 9.17) is 4.74 Å². The lowest BCUT2D eigenvalue weighted by Gasteiger charge is -2.19. The summed E-state index contributed by atoms with van der Waals surface area (Å²) < 4.78 is 5.12. The van der Waals surface area contributed by atoms with Gasteiger partial charge in [-0.15, -0.1) is 0 Å². The first-order chi connectivity index (χ1) is 8.37. The average Bonchev–Trinajstić information content (AvgIpc) is 2.22. The molecule has 0 aliphatic rings. The monoisotopic (exact) mass is 251 g/mol. The second kappa shape index (κ2) is 6.23. The molecule has 0 aliphatic carbocycles. The van der Waals surface area contributed by atoms with Crippen molar-refractivity contribution in [3.8, 4) is 0 Å². The maximum atomic E-state index is 11.3. The summed E-state index contributed by atoms with van der Waals surface area (Å²) in [7, 11) is 0. The highest BCUT2D eigenvalue weighted by Gasteiger charge is 2.15. The maximum Gasteiger partial charge on any atom is 0.407 e. The lowest BCUT2D eigenvalue weighted by Crippen LogP contribution is -2.35. The second-order valence-electron chi connectivity index (χ2n) is 5.02. The molecule has 0 bridgehead atoms. The van der Waals surface area contributed by atoms with Gasteiger partial charge in [-0.05, 0) is 39.8 Å². The van der Waals surface area contributed by atoms with E-state index < -0.39 is 11.7 Å². The van der Waals surface area contributed by atoms with Crippen molar-refractivity contribution < 1.29 is 9.53 Å². The molecule has 0 spiro atoms. The zero-order valence-electron chi connectivity index (χ0n) is 11.4. The lowest BCUT2D eigenvalue weighted by atomic mass is 10.2. The number of alkyl carbamates (subject to hydrolysis) is 1. The van der Waals surface area contributed by atoms with E-state index in [1.807, 2.05) is 45.9 Å². The molecule has 1 heterocycles. The highest BCUT2D eigenvalue weighted by atomic mass is 16.6. The molecule has 0 aromatic carbocycles. The van der Waals surface area contributed by atoms with Crippen molar-refractivity contribution in [1.82, 2.24) is 10.3 Å². The van der Waals surface area contributed by atoms with Crippen LogP contribution in [0.3, 0.4) is 0 Å². The number of pyridine rings is 1. The van der Waals surface area contributed by atoms with E-state index in [2.05, 4.69) is 15.6 Å². The minimum atomic E-state index is -0.463. The smallest absolute Gasteiger partial charge is 0.407 e. The van der Waals surface area contributed by atoms with Gasteiger partial charge < -0.3 is 15.4 Å². The summed E-state index contributed by atoms with van der Waals surface area (Å²) >= 11 is 0. The standard InChI is InChI=1S/C13H21N3O2/c1-10-6-5-7-11(16-10)14-8-9-15-12(17)18-13(2,3)4/h5-7H,8-9H2,1-4H3,(H,14,16)(H,15,17). The summed E-state index contributed by atoms with van der Waals surface area (Å²) in [6.07, 6.45) is -0.401. The van der Waals surface area contributed by atoms with Gasteiger partial charge in [-0.25, -0.2) is 9.78 Å². The van der Waals surface area contributed by atoms with Gasteiger partial charge in [-0.2, -0.15) is 0 Å². The van der Waals surface area contributed by atoms with Crippen LogP contribution in [0, 0.1) is 6.92 Å². The van der Waals surface area contributed by atoms with Gasteiger partial charge in [0, 0.05) is 18.8 Å². The van der Waals surface area contributed by atoms with Gasteiger partial charge in [0.05, 0.1) is 0 Å². The van der Waals surface area contributed by atoms with Crippen LogP contribution >= 0.6 is 0 Å². The third-order valence-electron chi connectivity index (χ3n) is 1.99. The molecular formula is C13H21N3O2. The van der Waals surface area contributed by atoms with E-state index in [1.54, 1.807) is 0 Å². The number of anilines is 1. The Morgan fingerprint density at radius 3 is 2.67 bits per heavy atom. The van der Waals surface area contributed by atoms with Gasteiger partial charge in [0.25, 0.3) is 0 Å². The van der Waals surface area contributed by atoms with Gasteiger partial charge in [0.1, 0.15) is 11.4 Å². The minimum absolute atomic E-state index is 0.401. The molecule has 0 saturated heterocycles. The number of ether oxygens (including phenoxy) is 1. The predicted octanol–water partition coefficient (Wildman–Crippen LogP) is 2.33. The molecule has 0 unspecified atom stereocenters. The first kappa shape index (κ1) is 14.3. The Hall–Kier alpha value is -1.78. The van der Waals surface area contributed by atoms with E-state index in [1.165, 1.54) is 0 Å². The largest absolute Gasteiger partial charge is 0.444 e. The Labute approximate surface area is 108 Å². The van der Waals surface area contributed by atoms with Crippen molar-refractivity contribution in [2.24, 2.45) is 0 Å². The zero-order chi connectivity index (χ0) is 13.6. The molecule has 100 valence electrons. The molecule has 0 fully saturated rings. The predicted molar refractivity (Wildman–Crippen MR) is 71.7 cm³/mol. The Morgan fingerprint density at radius 2 is 2.06 bits per heavy atom. The molecule has 0 radical (unpaired) electrons. The highest BCUT2D eigenvalue weighted by Crippen LogP contribution is 2.06. The zero-order valence-corrected chi connectivity index (χ0v) is 11.4. The van der Waals surface area contributed by atoms with Crippen LogP contribution in [-0.4, -0.2) is 29.8 Å². The molecule has 1 aromatic heterocycles. The Balaban J connectivity index is 2.21. The minimum Gasteiger partial charge on any atom is -0.444 e. The van der Waals surface area contributed by atoms with Crippen molar-refractivity contribution in [1.29, 1.82) is 0 Å². The van der Waals surface area contributed by atoms with Crippen LogP contribution in [0.15, 0.2) is 18.2 Å². The number of carbonyl (C=O) groups excluding carboxylic acids is 1. The maximum absolute atomic E-state index is 11.3. The third kappa shape index (κ3) is 6.08. The molecule has 2 N–H and O–H groups in total. The van der Waals surface area contributed by atoms with Gasteiger partial charge >= 0.3 is 6.09 Å². The number of aryl methyl sites for hydroxylation is 1. The SMILES string of the molecule is Cc1cccc(NCCNC(=O)OC(C)(C)C)n1. The fraction of sp³-hybridized carbons (Fsp3) is 0.538. The molecule has 1 aromatic rings. The topological polar surface area (TPSA) is 63.2 Å². The average molecular weight is 251 g/mol. The molecule has 0 atom stereocenters. The van der Waals surface area contributed by atoms with E-state index in [9.17, 15) is 4.79 Å². The van der Waals surface area contributed by atoms with Crippen LogP contribution in [0.25, 0.3) is 0 Å². The summed E-state index contributed by atoms with van der Waals surface area (Å²) in [6, 6.07) is 5.76. The molecule has 1 rings (SSSR count). The van der Waals surface area contributed by atoms with Gasteiger partial charge in [-0.3, -0.25) is 0 Å². The van der Waals surface area contributed by atoms with Gasteiger partial charge in [0.15, 0.2) is 0 Å². The molecule has 5 nitrogen and oxygen atoms in total. The van der Waals surface area contributed by atoms with Crippen LogP contribution in [0.2, 0.25) is 0 Å². The van der Waals surface area contributed by atoms with Crippen molar-refractivity contribution in [3.63, 3.8) is 0 Å². The number of amides is 1. The van der Waals surface area contributed by atoms with Crippen LogP contribution in [0.5, 0.6) is 0 Å². The number of nitrogens with one attached hydrogen (secondary N) is 2. The molecule has 0 saturated carbocycles. The van der Waals surface area contributed by atoms with E-state index in [-0.39, 0.29) is 0 Å². The van der Waals surface area contributed by atoms with Crippen molar-refractivity contribution >= 4 is 11.9 Å². The number of rotatable bonds is 4. The fourth-order valence-electron chi connectivity index (χ4n) is 1.31. The molecule has 5 heteroatoms. The van der Waals surface area contributed by atoms with Crippen LogP contribution in [0.1, 0.15) is 26.5 Å². The van der Waals surface area contributed by atoms with E-state index in [0.29, 0.717) is 13.1 Å². The molecule has 18 heavy (non-hydrogen) atoms. The summed E-state index contributed by atoms with van der Waals surface area (Å²) in [4.78, 5) is 15.6. The number of nitrogens with zero attached hydrogens (tertiary/aromatic N) is 1. The lowest BCUT2D eigenvalue weighted by molar-refractivity contribution is 0.0530. The first-order valence-corrected chi connectivity index (χ1v) is 6.01. The Morgan fingerprint density at radius 1 is 1.33 bits per heavy atom. The molecule has 1 amide bonds. The Bertz CT molecular complexity index is 399. The number of aromatic nitrogens is 1.